The number of pyridine rings is 1. The molecule has 0 saturated heterocycles. The normalized spacial score (nSPS) is 14.9. The van der Waals surface area contributed by atoms with Crippen molar-refractivity contribution >= 4 is 21.4 Å². The number of nitrogens with one attached hydrogen (secondary N) is 1. The molecule has 0 unspecified atom stereocenters. The largest absolute Gasteiger partial charge is 0.371 e. The molecule has 1 aromatic carbocycles. The summed E-state index contributed by atoms with van der Waals surface area (Å²) in [5.41, 5.74) is 0.916. The Bertz CT molecular complexity index is 829. The van der Waals surface area contributed by atoms with Crippen LogP contribution in [0.2, 0.25) is 0 Å². The van der Waals surface area contributed by atoms with E-state index in [1.807, 2.05) is 24.1 Å². The second-order valence-electron chi connectivity index (χ2n) is 4.86. The number of rotatable bonds is 2. The first kappa shape index (κ1) is 13.7. The smallest absolute Gasteiger partial charge is 0.269 e. The van der Waals surface area contributed by atoms with Crippen molar-refractivity contribution in [2.24, 2.45) is 0 Å². The van der Waals surface area contributed by atoms with Crippen molar-refractivity contribution in [1.29, 1.82) is 0 Å². The summed E-state index contributed by atoms with van der Waals surface area (Å²) in [7, 11) is -1.95. The molecule has 0 radical (unpaired) electrons. The lowest BCUT2D eigenvalue weighted by Gasteiger charge is -2.35. The highest BCUT2D eigenvalue weighted by molar-refractivity contribution is 7.92. The quantitative estimate of drug-likeness (QED) is 0.899. The van der Waals surface area contributed by atoms with Crippen LogP contribution in [0, 0.1) is 0 Å². The number of aromatic nitrogens is 1. The Kier molecular flexibility index (Phi) is 3.21. The molecule has 2 heterocycles. The molecule has 1 N–H and O–H groups in total. The minimum Gasteiger partial charge on any atom is -0.371 e. The predicted octanol–water partition coefficient (Wildman–Crippen LogP) is 1.02. The number of aromatic amines is 1. The highest BCUT2D eigenvalue weighted by atomic mass is 32.2. The van der Waals surface area contributed by atoms with E-state index < -0.39 is 15.5 Å². The number of anilines is 2. The van der Waals surface area contributed by atoms with Gasteiger partial charge in [-0.15, -0.1) is 0 Å². The molecule has 1 aromatic heterocycles. The van der Waals surface area contributed by atoms with E-state index in [0.29, 0.717) is 18.8 Å². The Labute approximate surface area is 122 Å². The number of sulfonamides is 1. The topological polar surface area (TPSA) is 73.5 Å². The van der Waals surface area contributed by atoms with E-state index in [1.54, 1.807) is 12.1 Å². The fraction of sp³-hybridized carbons (Fsp3) is 0.214. The first-order valence-corrected chi connectivity index (χ1v) is 7.96. The average Bonchev–Trinajstić information content (AvgIpc) is 2.48. The van der Waals surface area contributed by atoms with Crippen LogP contribution in [0.25, 0.3) is 0 Å². The third-order valence-electron chi connectivity index (χ3n) is 3.56. The van der Waals surface area contributed by atoms with Crippen LogP contribution in [-0.2, 0) is 10.0 Å². The van der Waals surface area contributed by atoms with Crippen LogP contribution in [-0.4, -0.2) is 33.5 Å². The number of benzene rings is 1. The number of para-hydroxylation sites is 2. The molecule has 7 heteroatoms. The number of likely N-dealkylation sites (N-methyl/N-ethyl adjacent to an activating group) is 1. The van der Waals surface area contributed by atoms with Gasteiger partial charge in [-0.05, 0) is 12.1 Å². The van der Waals surface area contributed by atoms with Gasteiger partial charge in [0.1, 0.15) is 0 Å². The average molecular weight is 305 g/mol. The van der Waals surface area contributed by atoms with Gasteiger partial charge in [0.25, 0.3) is 10.0 Å². The zero-order chi connectivity index (χ0) is 15.0. The van der Waals surface area contributed by atoms with Crippen molar-refractivity contribution in [2.45, 2.75) is 4.90 Å². The minimum absolute atomic E-state index is 0.232. The SMILES string of the molecule is CN1CCN(S(=O)(=O)c2c[nH]ccc2=O)c2ccccc21. The molecular formula is C14H15N3O3S. The number of H-pyrrole nitrogens is 1. The third kappa shape index (κ3) is 2.19. The lowest BCUT2D eigenvalue weighted by Crippen LogP contribution is -2.43. The number of hydrogen-bond donors (Lipinski definition) is 1. The summed E-state index contributed by atoms with van der Waals surface area (Å²) in [6, 6.07) is 8.48. The number of nitrogens with zero attached hydrogens (tertiary/aromatic N) is 2. The Morgan fingerprint density at radius 1 is 1.10 bits per heavy atom. The second kappa shape index (κ2) is 4.92. The van der Waals surface area contributed by atoms with Crippen LogP contribution in [0.4, 0.5) is 11.4 Å². The van der Waals surface area contributed by atoms with E-state index in [-0.39, 0.29) is 4.90 Å². The first-order valence-electron chi connectivity index (χ1n) is 6.52. The molecule has 0 fully saturated rings. The van der Waals surface area contributed by atoms with Gasteiger partial charge in [-0.2, -0.15) is 0 Å². The summed E-state index contributed by atoms with van der Waals surface area (Å²) < 4.78 is 26.8. The van der Waals surface area contributed by atoms with E-state index in [2.05, 4.69) is 4.98 Å². The molecule has 0 aliphatic carbocycles. The zero-order valence-corrected chi connectivity index (χ0v) is 12.3. The van der Waals surface area contributed by atoms with Crippen LogP contribution in [0.5, 0.6) is 0 Å². The maximum atomic E-state index is 12.8. The van der Waals surface area contributed by atoms with E-state index >= 15 is 0 Å². The van der Waals surface area contributed by atoms with Gasteiger partial charge in [0.05, 0.1) is 17.9 Å². The molecule has 1 aliphatic rings. The van der Waals surface area contributed by atoms with Gasteiger partial charge in [0.2, 0.25) is 5.43 Å². The van der Waals surface area contributed by atoms with Gasteiger partial charge >= 0.3 is 0 Å². The molecule has 0 amide bonds. The zero-order valence-electron chi connectivity index (χ0n) is 11.5. The fourth-order valence-electron chi connectivity index (χ4n) is 2.45. The standard InChI is InChI=1S/C14H15N3O3S/c1-16-8-9-17(12-5-3-2-4-11(12)16)21(19,20)14-10-15-7-6-13(14)18/h2-7,10H,8-9H2,1H3,(H,15,18). The summed E-state index contributed by atoms with van der Waals surface area (Å²) >= 11 is 0. The first-order chi connectivity index (χ1) is 10.0. The molecule has 2 aromatic rings. The van der Waals surface area contributed by atoms with E-state index in [4.69, 9.17) is 0 Å². The molecule has 3 rings (SSSR count). The van der Waals surface area contributed by atoms with Crippen LogP contribution in [0.3, 0.4) is 0 Å². The monoisotopic (exact) mass is 305 g/mol. The maximum absolute atomic E-state index is 12.8. The van der Waals surface area contributed by atoms with Gasteiger partial charge in [-0.3, -0.25) is 9.10 Å². The Balaban J connectivity index is 2.16. The molecule has 0 bridgehead atoms. The molecule has 0 spiro atoms. The van der Waals surface area contributed by atoms with Gasteiger partial charge in [-0.1, -0.05) is 12.1 Å². The van der Waals surface area contributed by atoms with Crippen molar-refractivity contribution in [3.05, 3.63) is 52.9 Å². The van der Waals surface area contributed by atoms with Crippen LogP contribution >= 0.6 is 0 Å². The summed E-state index contributed by atoms with van der Waals surface area (Å²) in [6.07, 6.45) is 2.65. The van der Waals surface area contributed by atoms with Gasteiger partial charge in [0.15, 0.2) is 4.90 Å². The molecular weight excluding hydrogens is 290 g/mol. The second-order valence-corrected chi connectivity index (χ2v) is 6.69. The van der Waals surface area contributed by atoms with E-state index in [0.717, 1.165) is 5.69 Å². The lowest BCUT2D eigenvalue weighted by atomic mass is 10.2. The summed E-state index contributed by atoms with van der Waals surface area (Å²) in [5, 5.41) is 0. The van der Waals surface area contributed by atoms with E-state index in [9.17, 15) is 13.2 Å². The summed E-state index contributed by atoms with van der Waals surface area (Å²) in [4.78, 5) is 16.3. The molecule has 1 aliphatic heterocycles. The number of fused-ring (bicyclic) bond motifs is 1. The van der Waals surface area contributed by atoms with Crippen molar-refractivity contribution in [1.82, 2.24) is 4.98 Å². The highest BCUT2D eigenvalue weighted by Gasteiger charge is 2.32. The highest BCUT2D eigenvalue weighted by Crippen LogP contribution is 2.34. The van der Waals surface area contributed by atoms with E-state index in [1.165, 1.54) is 22.8 Å². The van der Waals surface area contributed by atoms with Gasteiger partial charge in [0, 0.05) is 32.1 Å². The molecule has 21 heavy (non-hydrogen) atoms. The Morgan fingerprint density at radius 2 is 1.81 bits per heavy atom. The van der Waals surface area contributed by atoms with Crippen molar-refractivity contribution in [3.8, 4) is 0 Å². The Morgan fingerprint density at radius 3 is 2.52 bits per heavy atom. The molecule has 6 nitrogen and oxygen atoms in total. The fourth-order valence-corrected chi connectivity index (χ4v) is 3.96. The van der Waals surface area contributed by atoms with Crippen LogP contribution in [0.1, 0.15) is 0 Å². The maximum Gasteiger partial charge on any atom is 0.269 e. The van der Waals surface area contributed by atoms with Crippen molar-refractivity contribution in [3.63, 3.8) is 0 Å². The van der Waals surface area contributed by atoms with Gasteiger partial charge < -0.3 is 9.88 Å². The molecule has 0 saturated carbocycles. The summed E-state index contributed by atoms with van der Waals surface area (Å²) in [6.45, 7) is 0.880. The number of hydrogen-bond acceptors (Lipinski definition) is 4. The van der Waals surface area contributed by atoms with Crippen molar-refractivity contribution in [2.75, 3.05) is 29.3 Å². The Hall–Kier alpha value is -2.28. The van der Waals surface area contributed by atoms with Crippen molar-refractivity contribution < 1.29 is 8.42 Å². The summed E-state index contributed by atoms with van der Waals surface area (Å²) in [5.74, 6) is 0. The van der Waals surface area contributed by atoms with Gasteiger partial charge in [-0.25, -0.2) is 8.42 Å². The lowest BCUT2D eigenvalue weighted by molar-refractivity contribution is 0.588. The minimum atomic E-state index is -3.87. The van der Waals surface area contributed by atoms with Crippen LogP contribution < -0.4 is 14.6 Å². The third-order valence-corrected chi connectivity index (χ3v) is 5.39. The predicted molar refractivity (Wildman–Crippen MR) is 81.3 cm³/mol. The van der Waals surface area contributed by atoms with Crippen LogP contribution in [0.15, 0.2) is 52.4 Å². The molecule has 110 valence electrons. The molecule has 0 atom stereocenters.